The molecule has 0 radical (unpaired) electrons. The Bertz CT molecular complexity index is 467. The molecule has 82 valence electrons. The number of aromatic nitrogens is 3. The second-order valence-electron chi connectivity index (χ2n) is 3.99. The number of H-pyrrole nitrogens is 1. The minimum absolute atomic E-state index is 0.526. The summed E-state index contributed by atoms with van der Waals surface area (Å²) < 4.78 is 0. The lowest BCUT2D eigenvalue weighted by Crippen LogP contribution is -2.06. The van der Waals surface area contributed by atoms with Crippen molar-refractivity contribution in [2.75, 3.05) is 0 Å². The SMILES string of the molecule is c1ccc2c(c1)CCCC2Sc1ncn[nH]1. The van der Waals surface area contributed by atoms with Gasteiger partial charge in [0.2, 0.25) is 0 Å². The molecule has 3 rings (SSSR count). The zero-order valence-electron chi connectivity index (χ0n) is 8.89. The predicted molar refractivity (Wildman–Crippen MR) is 64.4 cm³/mol. The first-order chi connectivity index (χ1) is 7.93. The van der Waals surface area contributed by atoms with Crippen LogP contribution in [-0.2, 0) is 6.42 Å². The summed E-state index contributed by atoms with van der Waals surface area (Å²) in [7, 11) is 0. The summed E-state index contributed by atoms with van der Waals surface area (Å²) in [5.74, 6) is 0. The Morgan fingerprint density at radius 3 is 3.12 bits per heavy atom. The maximum Gasteiger partial charge on any atom is 0.183 e. The van der Waals surface area contributed by atoms with Gasteiger partial charge in [-0.05, 0) is 30.4 Å². The first kappa shape index (κ1) is 9.90. The molecule has 0 saturated heterocycles. The molecule has 1 aliphatic carbocycles. The molecule has 1 atom stereocenters. The highest BCUT2D eigenvalue weighted by Crippen LogP contribution is 2.41. The molecule has 1 unspecified atom stereocenters. The molecule has 16 heavy (non-hydrogen) atoms. The van der Waals surface area contributed by atoms with Crippen molar-refractivity contribution in [1.82, 2.24) is 15.2 Å². The molecule has 3 nitrogen and oxygen atoms in total. The van der Waals surface area contributed by atoms with E-state index in [1.54, 1.807) is 18.1 Å². The molecular weight excluding hydrogens is 218 g/mol. The average molecular weight is 231 g/mol. The van der Waals surface area contributed by atoms with Gasteiger partial charge in [-0.1, -0.05) is 36.0 Å². The lowest BCUT2D eigenvalue weighted by atomic mass is 9.91. The van der Waals surface area contributed by atoms with Gasteiger partial charge in [-0.2, -0.15) is 5.10 Å². The second kappa shape index (κ2) is 4.29. The number of benzene rings is 1. The molecule has 1 N–H and O–H groups in total. The quantitative estimate of drug-likeness (QED) is 0.864. The van der Waals surface area contributed by atoms with E-state index < -0.39 is 0 Å². The number of aromatic amines is 1. The second-order valence-corrected chi connectivity index (χ2v) is 5.18. The van der Waals surface area contributed by atoms with Crippen molar-refractivity contribution in [3.8, 4) is 0 Å². The summed E-state index contributed by atoms with van der Waals surface area (Å²) in [6.07, 6.45) is 5.27. The van der Waals surface area contributed by atoms with E-state index in [4.69, 9.17) is 0 Å². The molecule has 0 fully saturated rings. The van der Waals surface area contributed by atoms with Crippen molar-refractivity contribution < 1.29 is 0 Å². The van der Waals surface area contributed by atoms with Crippen LogP contribution in [0.15, 0.2) is 35.7 Å². The Morgan fingerprint density at radius 2 is 2.25 bits per heavy atom. The number of rotatable bonds is 2. The first-order valence-corrected chi connectivity index (χ1v) is 6.41. The van der Waals surface area contributed by atoms with Gasteiger partial charge in [0, 0.05) is 5.25 Å². The molecule has 0 spiro atoms. The van der Waals surface area contributed by atoms with Crippen molar-refractivity contribution in [2.24, 2.45) is 0 Å². The summed E-state index contributed by atoms with van der Waals surface area (Å²) in [5.41, 5.74) is 2.96. The van der Waals surface area contributed by atoms with Gasteiger partial charge in [0.15, 0.2) is 5.16 Å². The summed E-state index contributed by atoms with van der Waals surface area (Å²) >= 11 is 1.78. The molecule has 1 aromatic carbocycles. The lowest BCUT2D eigenvalue weighted by molar-refractivity contribution is 0.672. The van der Waals surface area contributed by atoms with E-state index in [1.807, 2.05) is 0 Å². The summed E-state index contributed by atoms with van der Waals surface area (Å²) in [5, 5.41) is 8.25. The summed E-state index contributed by atoms with van der Waals surface area (Å²) in [4.78, 5) is 4.18. The lowest BCUT2D eigenvalue weighted by Gasteiger charge is -2.23. The van der Waals surface area contributed by atoms with Gasteiger partial charge >= 0.3 is 0 Å². The van der Waals surface area contributed by atoms with Gasteiger partial charge in [-0.3, -0.25) is 5.10 Å². The van der Waals surface area contributed by atoms with Gasteiger partial charge in [0.1, 0.15) is 6.33 Å². The third-order valence-corrected chi connectivity index (χ3v) is 4.16. The number of aryl methyl sites for hydroxylation is 1. The van der Waals surface area contributed by atoms with Gasteiger partial charge in [0.25, 0.3) is 0 Å². The number of hydrogen-bond acceptors (Lipinski definition) is 3. The van der Waals surface area contributed by atoms with Crippen molar-refractivity contribution in [2.45, 2.75) is 29.7 Å². The van der Waals surface area contributed by atoms with E-state index in [2.05, 4.69) is 39.4 Å². The Balaban J connectivity index is 1.87. The fourth-order valence-electron chi connectivity index (χ4n) is 2.22. The molecule has 0 bridgehead atoms. The van der Waals surface area contributed by atoms with Crippen LogP contribution in [0.2, 0.25) is 0 Å². The van der Waals surface area contributed by atoms with E-state index >= 15 is 0 Å². The van der Waals surface area contributed by atoms with Gasteiger partial charge in [-0.25, -0.2) is 4.98 Å². The highest BCUT2D eigenvalue weighted by Gasteiger charge is 2.21. The smallest absolute Gasteiger partial charge is 0.183 e. The minimum Gasteiger partial charge on any atom is -0.254 e. The number of fused-ring (bicyclic) bond motifs is 1. The standard InChI is InChI=1S/C12H13N3S/c1-2-6-10-9(4-1)5-3-7-11(10)16-12-13-8-14-15-12/h1-2,4,6,8,11H,3,5,7H2,(H,13,14,15). The highest BCUT2D eigenvalue weighted by atomic mass is 32.2. The third kappa shape index (κ3) is 1.85. The Kier molecular flexibility index (Phi) is 2.66. The van der Waals surface area contributed by atoms with E-state index in [-0.39, 0.29) is 0 Å². The van der Waals surface area contributed by atoms with Crippen molar-refractivity contribution in [3.63, 3.8) is 0 Å². The minimum atomic E-state index is 0.526. The molecule has 2 aromatic rings. The normalized spacial score (nSPS) is 19.4. The highest BCUT2D eigenvalue weighted by molar-refractivity contribution is 7.99. The van der Waals surface area contributed by atoms with Gasteiger partial charge in [-0.15, -0.1) is 0 Å². The Morgan fingerprint density at radius 1 is 1.31 bits per heavy atom. The van der Waals surface area contributed by atoms with Crippen LogP contribution in [0.1, 0.15) is 29.2 Å². The molecule has 1 heterocycles. The van der Waals surface area contributed by atoms with E-state index in [0.29, 0.717) is 5.25 Å². The maximum atomic E-state index is 4.18. The number of thioether (sulfide) groups is 1. The van der Waals surface area contributed by atoms with Crippen LogP contribution in [0.3, 0.4) is 0 Å². The zero-order chi connectivity index (χ0) is 10.8. The Labute approximate surface area is 98.7 Å². The summed E-state index contributed by atoms with van der Waals surface area (Å²) in [6.45, 7) is 0. The topological polar surface area (TPSA) is 41.6 Å². The number of nitrogens with zero attached hydrogens (tertiary/aromatic N) is 2. The molecule has 0 saturated carbocycles. The number of hydrogen-bond donors (Lipinski definition) is 1. The van der Waals surface area contributed by atoms with Crippen LogP contribution in [0.4, 0.5) is 0 Å². The van der Waals surface area contributed by atoms with Crippen LogP contribution in [0, 0.1) is 0 Å². The van der Waals surface area contributed by atoms with E-state index in [0.717, 1.165) is 5.16 Å². The first-order valence-electron chi connectivity index (χ1n) is 5.53. The monoisotopic (exact) mass is 231 g/mol. The average Bonchev–Trinajstić information content (AvgIpc) is 2.82. The Hall–Kier alpha value is -1.29. The van der Waals surface area contributed by atoms with Crippen LogP contribution < -0.4 is 0 Å². The fourth-order valence-corrected chi connectivity index (χ4v) is 3.34. The van der Waals surface area contributed by atoms with Crippen LogP contribution in [0.5, 0.6) is 0 Å². The van der Waals surface area contributed by atoms with Gasteiger partial charge < -0.3 is 0 Å². The molecule has 1 aliphatic rings. The van der Waals surface area contributed by atoms with Crippen molar-refractivity contribution in [1.29, 1.82) is 0 Å². The van der Waals surface area contributed by atoms with Crippen LogP contribution in [-0.4, -0.2) is 15.2 Å². The number of nitrogens with one attached hydrogen (secondary N) is 1. The molecule has 0 aliphatic heterocycles. The van der Waals surface area contributed by atoms with E-state index in [9.17, 15) is 0 Å². The fraction of sp³-hybridized carbons (Fsp3) is 0.333. The maximum absolute atomic E-state index is 4.18. The molecule has 4 heteroatoms. The van der Waals surface area contributed by atoms with E-state index in [1.165, 1.54) is 30.4 Å². The molecule has 0 amide bonds. The third-order valence-electron chi connectivity index (χ3n) is 2.96. The molecule has 1 aromatic heterocycles. The van der Waals surface area contributed by atoms with Crippen molar-refractivity contribution in [3.05, 3.63) is 41.7 Å². The van der Waals surface area contributed by atoms with Crippen molar-refractivity contribution >= 4 is 11.8 Å². The largest absolute Gasteiger partial charge is 0.254 e. The van der Waals surface area contributed by atoms with Gasteiger partial charge in [0.05, 0.1) is 0 Å². The van der Waals surface area contributed by atoms with Crippen LogP contribution >= 0.6 is 11.8 Å². The predicted octanol–water partition coefficient (Wildman–Crippen LogP) is 2.97. The zero-order valence-corrected chi connectivity index (χ0v) is 9.70. The molecular formula is C12H13N3S. The summed E-state index contributed by atoms with van der Waals surface area (Å²) in [6, 6.07) is 8.73. The van der Waals surface area contributed by atoms with Crippen LogP contribution in [0.25, 0.3) is 0 Å².